The molecule has 3 N–H and O–H groups in total. The van der Waals surface area contributed by atoms with E-state index in [1.807, 2.05) is 34.0 Å². The van der Waals surface area contributed by atoms with Crippen LogP contribution < -0.4 is 11.1 Å². The molecule has 17 heavy (non-hydrogen) atoms. The van der Waals surface area contributed by atoms with Crippen LogP contribution in [0.4, 0.5) is 0 Å². The van der Waals surface area contributed by atoms with Gasteiger partial charge in [0.2, 0.25) is 5.91 Å². The molecule has 0 radical (unpaired) electrons. The minimum atomic E-state index is -0.119. The van der Waals surface area contributed by atoms with Crippen molar-refractivity contribution in [1.29, 1.82) is 0 Å². The molecule has 1 unspecified atom stereocenters. The van der Waals surface area contributed by atoms with Crippen molar-refractivity contribution in [1.82, 2.24) is 15.1 Å². The van der Waals surface area contributed by atoms with Gasteiger partial charge in [0, 0.05) is 31.9 Å². The van der Waals surface area contributed by atoms with Crippen molar-refractivity contribution in [2.45, 2.75) is 27.3 Å². The van der Waals surface area contributed by atoms with E-state index in [1.54, 1.807) is 4.68 Å². The first kappa shape index (κ1) is 13.7. The molecule has 1 aromatic heterocycles. The molecule has 96 valence electrons. The van der Waals surface area contributed by atoms with Gasteiger partial charge in [0.05, 0.1) is 11.6 Å². The summed E-state index contributed by atoms with van der Waals surface area (Å²) in [6, 6.07) is 0. The van der Waals surface area contributed by atoms with E-state index in [4.69, 9.17) is 5.73 Å². The molecular formula is C12H22N4O. The first-order valence-corrected chi connectivity index (χ1v) is 5.92. The zero-order valence-electron chi connectivity index (χ0n) is 11.0. The standard InChI is InChI=1S/C12H22N4O/c1-8(2)11(5-13)12(17)14-6-10-7-16(4)15-9(10)3/h7-8,11H,5-6,13H2,1-4H3,(H,14,17). The Kier molecular flexibility index (Phi) is 4.69. The fourth-order valence-electron chi connectivity index (χ4n) is 1.82. The fourth-order valence-corrected chi connectivity index (χ4v) is 1.82. The van der Waals surface area contributed by atoms with Gasteiger partial charge in [-0.15, -0.1) is 0 Å². The van der Waals surface area contributed by atoms with Gasteiger partial charge in [-0.2, -0.15) is 5.10 Å². The number of aryl methyl sites for hydroxylation is 2. The molecule has 1 heterocycles. The SMILES string of the molecule is Cc1nn(C)cc1CNC(=O)C(CN)C(C)C. The highest BCUT2D eigenvalue weighted by Crippen LogP contribution is 2.10. The summed E-state index contributed by atoms with van der Waals surface area (Å²) in [4.78, 5) is 11.9. The number of carbonyl (C=O) groups is 1. The van der Waals surface area contributed by atoms with Crippen molar-refractivity contribution in [2.24, 2.45) is 24.6 Å². The number of nitrogens with zero attached hydrogens (tertiary/aromatic N) is 2. The molecule has 0 saturated heterocycles. The first-order chi connectivity index (χ1) is 7.95. The highest BCUT2D eigenvalue weighted by Gasteiger charge is 2.20. The maximum atomic E-state index is 11.9. The summed E-state index contributed by atoms with van der Waals surface area (Å²) < 4.78 is 1.75. The molecule has 1 amide bonds. The number of carbonyl (C=O) groups excluding carboxylic acids is 1. The molecule has 0 aliphatic heterocycles. The Balaban J connectivity index is 2.56. The molecule has 0 fully saturated rings. The third kappa shape index (κ3) is 3.56. The zero-order chi connectivity index (χ0) is 13.0. The highest BCUT2D eigenvalue weighted by atomic mass is 16.1. The van der Waals surface area contributed by atoms with Gasteiger partial charge < -0.3 is 11.1 Å². The van der Waals surface area contributed by atoms with E-state index in [9.17, 15) is 4.79 Å². The summed E-state index contributed by atoms with van der Waals surface area (Å²) in [5.41, 5.74) is 7.59. The topological polar surface area (TPSA) is 72.9 Å². The summed E-state index contributed by atoms with van der Waals surface area (Å²) >= 11 is 0. The van der Waals surface area contributed by atoms with Crippen LogP contribution in [0.25, 0.3) is 0 Å². The molecule has 0 saturated carbocycles. The minimum Gasteiger partial charge on any atom is -0.352 e. The van der Waals surface area contributed by atoms with Crippen LogP contribution in [-0.2, 0) is 18.4 Å². The molecule has 0 aromatic carbocycles. The van der Waals surface area contributed by atoms with Crippen molar-refractivity contribution in [3.05, 3.63) is 17.5 Å². The lowest BCUT2D eigenvalue weighted by molar-refractivity contribution is -0.126. The predicted octanol–water partition coefficient (Wildman–Crippen LogP) is 0.576. The lowest BCUT2D eigenvalue weighted by Gasteiger charge is -2.17. The van der Waals surface area contributed by atoms with Gasteiger partial charge in [-0.1, -0.05) is 13.8 Å². The minimum absolute atomic E-state index is 0.0192. The summed E-state index contributed by atoms with van der Waals surface area (Å²) in [6.07, 6.45) is 1.92. The van der Waals surface area contributed by atoms with Gasteiger partial charge in [-0.05, 0) is 12.8 Å². The molecule has 1 atom stereocenters. The first-order valence-electron chi connectivity index (χ1n) is 5.92. The second-order valence-electron chi connectivity index (χ2n) is 4.72. The number of amides is 1. The second kappa shape index (κ2) is 5.82. The number of hydrogen-bond acceptors (Lipinski definition) is 3. The molecule has 1 rings (SSSR count). The van der Waals surface area contributed by atoms with Gasteiger partial charge in [-0.25, -0.2) is 0 Å². The van der Waals surface area contributed by atoms with Crippen LogP contribution in [0.2, 0.25) is 0 Å². The van der Waals surface area contributed by atoms with E-state index >= 15 is 0 Å². The Morgan fingerprint density at radius 1 is 1.59 bits per heavy atom. The van der Waals surface area contributed by atoms with Crippen molar-refractivity contribution in [3.8, 4) is 0 Å². The Morgan fingerprint density at radius 3 is 2.65 bits per heavy atom. The van der Waals surface area contributed by atoms with Crippen LogP contribution in [-0.4, -0.2) is 22.2 Å². The Labute approximate surface area is 102 Å². The van der Waals surface area contributed by atoms with E-state index in [0.29, 0.717) is 13.1 Å². The maximum absolute atomic E-state index is 11.9. The van der Waals surface area contributed by atoms with Crippen LogP contribution >= 0.6 is 0 Å². The van der Waals surface area contributed by atoms with E-state index in [0.717, 1.165) is 11.3 Å². The van der Waals surface area contributed by atoms with Crippen molar-refractivity contribution in [3.63, 3.8) is 0 Å². The smallest absolute Gasteiger partial charge is 0.224 e. The van der Waals surface area contributed by atoms with Crippen LogP contribution in [0.3, 0.4) is 0 Å². The largest absolute Gasteiger partial charge is 0.352 e. The summed E-state index contributed by atoms with van der Waals surface area (Å²) in [5.74, 6) is 0.160. The number of hydrogen-bond donors (Lipinski definition) is 2. The predicted molar refractivity (Wildman–Crippen MR) is 67.2 cm³/mol. The number of aromatic nitrogens is 2. The maximum Gasteiger partial charge on any atom is 0.224 e. The average Bonchev–Trinajstić information content (AvgIpc) is 2.54. The Hall–Kier alpha value is -1.36. The summed E-state index contributed by atoms with van der Waals surface area (Å²) in [7, 11) is 1.87. The lowest BCUT2D eigenvalue weighted by Crippen LogP contribution is -2.37. The zero-order valence-corrected chi connectivity index (χ0v) is 11.0. The third-order valence-electron chi connectivity index (χ3n) is 2.96. The monoisotopic (exact) mass is 238 g/mol. The molecule has 5 heteroatoms. The molecule has 1 aromatic rings. The number of nitrogens with two attached hydrogens (primary N) is 1. The summed E-state index contributed by atoms with van der Waals surface area (Å²) in [5, 5.41) is 7.14. The molecule has 0 bridgehead atoms. The van der Waals surface area contributed by atoms with Crippen LogP contribution in [0.1, 0.15) is 25.1 Å². The number of rotatable bonds is 5. The van der Waals surface area contributed by atoms with Crippen molar-refractivity contribution >= 4 is 5.91 Å². The number of nitrogens with one attached hydrogen (secondary N) is 1. The Morgan fingerprint density at radius 2 is 2.24 bits per heavy atom. The van der Waals surface area contributed by atoms with E-state index in [1.165, 1.54) is 0 Å². The molecule has 0 spiro atoms. The van der Waals surface area contributed by atoms with Crippen LogP contribution in [0.5, 0.6) is 0 Å². The van der Waals surface area contributed by atoms with Crippen molar-refractivity contribution < 1.29 is 4.79 Å². The fraction of sp³-hybridized carbons (Fsp3) is 0.667. The molecule has 5 nitrogen and oxygen atoms in total. The van der Waals surface area contributed by atoms with Gasteiger partial charge >= 0.3 is 0 Å². The Bertz CT molecular complexity index is 384. The normalized spacial score (nSPS) is 12.8. The molecular weight excluding hydrogens is 216 g/mol. The van der Waals surface area contributed by atoms with Gasteiger partial charge in [0.25, 0.3) is 0 Å². The van der Waals surface area contributed by atoms with E-state index in [2.05, 4.69) is 10.4 Å². The van der Waals surface area contributed by atoms with Crippen molar-refractivity contribution in [2.75, 3.05) is 6.54 Å². The van der Waals surface area contributed by atoms with E-state index < -0.39 is 0 Å². The van der Waals surface area contributed by atoms with Gasteiger partial charge in [0.15, 0.2) is 0 Å². The quantitative estimate of drug-likeness (QED) is 0.788. The van der Waals surface area contributed by atoms with Gasteiger partial charge in [-0.3, -0.25) is 9.48 Å². The van der Waals surface area contributed by atoms with Crippen LogP contribution in [0, 0.1) is 18.8 Å². The average molecular weight is 238 g/mol. The summed E-state index contributed by atoms with van der Waals surface area (Å²) in [6.45, 7) is 6.85. The molecule has 0 aliphatic carbocycles. The second-order valence-corrected chi connectivity index (χ2v) is 4.72. The van der Waals surface area contributed by atoms with Gasteiger partial charge in [0.1, 0.15) is 0 Å². The highest BCUT2D eigenvalue weighted by molar-refractivity contribution is 5.79. The van der Waals surface area contributed by atoms with Crippen LogP contribution in [0.15, 0.2) is 6.20 Å². The lowest BCUT2D eigenvalue weighted by atomic mass is 9.95. The third-order valence-corrected chi connectivity index (χ3v) is 2.96. The van der Waals surface area contributed by atoms with E-state index in [-0.39, 0.29) is 17.7 Å². The molecule has 0 aliphatic rings.